The van der Waals surface area contributed by atoms with E-state index in [2.05, 4.69) is 5.32 Å². The van der Waals surface area contributed by atoms with Crippen molar-refractivity contribution < 1.29 is 14.7 Å². The molecule has 0 spiro atoms. The summed E-state index contributed by atoms with van der Waals surface area (Å²) in [7, 11) is 0. The van der Waals surface area contributed by atoms with Crippen molar-refractivity contribution in [1.82, 2.24) is 5.32 Å². The highest BCUT2D eigenvalue weighted by Gasteiger charge is 2.10. The zero-order valence-corrected chi connectivity index (χ0v) is 8.84. The van der Waals surface area contributed by atoms with Crippen molar-refractivity contribution in [1.29, 1.82) is 0 Å². The lowest BCUT2D eigenvalue weighted by atomic mass is 10.1. The SMILES string of the molecule is CCCCCC(=O)NC(CC)C(=O)[O-]. The summed E-state index contributed by atoms with van der Waals surface area (Å²) >= 11 is 0. The molecule has 14 heavy (non-hydrogen) atoms. The average molecular weight is 200 g/mol. The molecule has 0 rings (SSSR count). The normalized spacial score (nSPS) is 12.1. The molecule has 0 saturated heterocycles. The van der Waals surface area contributed by atoms with Gasteiger partial charge in [-0.15, -0.1) is 0 Å². The van der Waals surface area contributed by atoms with Gasteiger partial charge >= 0.3 is 0 Å². The number of hydrogen-bond acceptors (Lipinski definition) is 3. The van der Waals surface area contributed by atoms with Crippen LogP contribution in [0.15, 0.2) is 0 Å². The molecule has 4 nitrogen and oxygen atoms in total. The Morgan fingerprint density at radius 1 is 1.29 bits per heavy atom. The number of hydrogen-bond donors (Lipinski definition) is 1. The molecule has 0 saturated carbocycles. The Labute approximate surface area is 84.7 Å². The fourth-order valence-electron chi connectivity index (χ4n) is 1.13. The first-order valence-corrected chi connectivity index (χ1v) is 5.12. The van der Waals surface area contributed by atoms with E-state index in [0.29, 0.717) is 12.8 Å². The van der Waals surface area contributed by atoms with E-state index >= 15 is 0 Å². The van der Waals surface area contributed by atoms with E-state index in [0.717, 1.165) is 19.3 Å². The number of carbonyl (C=O) groups is 2. The predicted molar refractivity (Wildman–Crippen MR) is 51.4 cm³/mol. The number of unbranched alkanes of at least 4 members (excludes halogenated alkanes) is 2. The summed E-state index contributed by atoms with van der Waals surface area (Å²) in [5, 5.41) is 12.9. The number of aliphatic carboxylic acids is 1. The van der Waals surface area contributed by atoms with Gasteiger partial charge in [0.1, 0.15) is 0 Å². The third-order valence-corrected chi connectivity index (χ3v) is 2.04. The highest BCUT2D eigenvalue weighted by atomic mass is 16.4. The summed E-state index contributed by atoms with van der Waals surface area (Å²) in [5.74, 6) is -1.41. The Morgan fingerprint density at radius 3 is 2.36 bits per heavy atom. The Morgan fingerprint density at radius 2 is 1.93 bits per heavy atom. The highest BCUT2D eigenvalue weighted by molar-refractivity contribution is 5.82. The first kappa shape index (κ1) is 12.9. The second-order valence-electron chi connectivity index (χ2n) is 3.30. The lowest BCUT2D eigenvalue weighted by Gasteiger charge is -2.17. The number of nitrogens with one attached hydrogen (secondary N) is 1. The molecule has 4 heteroatoms. The lowest BCUT2D eigenvalue weighted by molar-refractivity contribution is -0.308. The molecule has 1 atom stereocenters. The molecule has 0 aromatic heterocycles. The van der Waals surface area contributed by atoms with Crippen molar-refractivity contribution in [2.24, 2.45) is 0 Å². The van der Waals surface area contributed by atoms with E-state index < -0.39 is 12.0 Å². The predicted octanol–water partition coefficient (Wildman–Crippen LogP) is 0.211. The Balaban J connectivity index is 3.74. The van der Waals surface area contributed by atoms with Crippen LogP contribution in [-0.4, -0.2) is 17.9 Å². The van der Waals surface area contributed by atoms with Crippen LogP contribution in [0.3, 0.4) is 0 Å². The maximum atomic E-state index is 11.2. The molecular formula is C10H18NO3-. The van der Waals surface area contributed by atoms with Crippen LogP contribution >= 0.6 is 0 Å². The molecular weight excluding hydrogens is 182 g/mol. The molecule has 1 amide bonds. The van der Waals surface area contributed by atoms with Gasteiger partial charge in [0.15, 0.2) is 0 Å². The van der Waals surface area contributed by atoms with E-state index in [9.17, 15) is 14.7 Å². The highest BCUT2D eigenvalue weighted by Crippen LogP contribution is 1.99. The first-order valence-electron chi connectivity index (χ1n) is 5.12. The van der Waals surface area contributed by atoms with E-state index in [4.69, 9.17) is 0 Å². The molecule has 0 aliphatic carbocycles. The quantitative estimate of drug-likeness (QED) is 0.597. The molecule has 0 aliphatic heterocycles. The molecule has 0 bridgehead atoms. The average Bonchev–Trinajstić information content (AvgIpc) is 2.14. The number of carbonyl (C=O) groups excluding carboxylic acids is 2. The topological polar surface area (TPSA) is 69.2 Å². The zero-order valence-electron chi connectivity index (χ0n) is 8.84. The van der Waals surface area contributed by atoms with Gasteiger partial charge in [0.2, 0.25) is 5.91 Å². The van der Waals surface area contributed by atoms with Crippen molar-refractivity contribution in [3.05, 3.63) is 0 Å². The largest absolute Gasteiger partial charge is 0.548 e. The van der Waals surface area contributed by atoms with E-state index in [1.165, 1.54) is 0 Å². The molecule has 0 aromatic carbocycles. The molecule has 0 aliphatic rings. The van der Waals surface area contributed by atoms with Gasteiger partial charge in [0.25, 0.3) is 0 Å². The van der Waals surface area contributed by atoms with Gasteiger partial charge in [-0.25, -0.2) is 0 Å². The van der Waals surface area contributed by atoms with Crippen LogP contribution in [0.4, 0.5) is 0 Å². The van der Waals surface area contributed by atoms with Gasteiger partial charge in [0, 0.05) is 6.42 Å². The Bertz CT molecular complexity index is 192. The van der Waals surface area contributed by atoms with Crippen molar-refractivity contribution in [3.63, 3.8) is 0 Å². The summed E-state index contributed by atoms with van der Waals surface area (Å²) in [4.78, 5) is 21.7. The minimum atomic E-state index is -1.21. The molecule has 1 N–H and O–H groups in total. The second-order valence-corrected chi connectivity index (χ2v) is 3.30. The van der Waals surface area contributed by atoms with Crippen molar-refractivity contribution >= 4 is 11.9 Å². The summed E-state index contributed by atoms with van der Waals surface area (Å²) in [6.45, 7) is 3.75. The van der Waals surface area contributed by atoms with Gasteiger partial charge in [-0.3, -0.25) is 4.79 Å². The van der Waals surface area contributed by atoms with Crippen LogP contribution in [0.25, 0.3) is 0 Å². The first-order chi connectivity index (χ1) is 6.61. The van der Waals surface area contributed by atoms with Crippen LogP contribution in [0, 0.1) is 0 Å². The molecule has 0 radical (unpaired) electrons. The van der Waals surface area contributed by atoms with Crippen molar-refractivity contribution in [2.45, 2.75) is 52.0 Å². The smallest absolute Gasteiger partial charge is 0.220 e. The maximum Gasteiger partial charge on any atom is 0.220 e. The van der Waals surface area contributed by atoms with Crippen LogP contribution in [0.5, 0.6) is 0 Å². The van der Waals surface area contributed by atoms with Crippen LogP contribution in [0.2, 0.25) is 0 Å². The van der Waals surface area contributed by atoms with Gasteiger partial charge in [-0.2, -0.15) is 0 Å². The van der Waals surface area contributed by atoms with Crippen molar-refractivity contribution in [2.75, 3.05) is 0 Å². The van der Waals surface area contributed by atoms with Gasteiger partial charge in [0.05, 0.1) is 12.0 Å². The number of carboxylic acids is 1. The lowest BCUT2D eigenvalue weighted by Crippen LogP contribution is -2.47. The number of carboxylic acid groups (broad SMARTS) is 1. The summed E-state index contributed by atoms with van der Waals surface area (Å²) in [6.07, 6.45) is 3.62. The Kier molecular flexibility index (Phi) is 6.80. The van der Waals surface area contributed by atoms with Gasteiger partial charge in [-0.05, 0) is 12.8 Å². The molecule has 0 heterocycles. The summed E-state index contributed by atoms with van der Waals surface area (Å²) in [5.41, 5.74) is 0. The van der Waals surface area contributed by atoms with Crippen LogP contribution < -0.4 is 10.4 Å². The minimum Gasteiger partial charge on any atom is -0.548 e. The third-order valence-electron chi connectivity index (χ3n) is 2.04. The van der Waals surface area contributed by atoms with Crippen molar-refractivity contribution in [3.8, 4) is 0 Å². The fourth-order valence-corrected chi connectivity index (χ4v) is 1.13. The molecule has 82 valence electrons. The van der Waals surface area contributed by atoms with E-state index in [1.54, 1.807) is 6.92 Å². The zero-order chi connectivity index (χ0) is 11.0. The molecule has 0 aromatic rings. The standard InChI is InChI=1S/C10H19NO3/c1-3-5-6-7-9(12)11-8(4-2)10(13)14/h8H,3-7H2,1-2H3,(H,11,12)(H,13,14)/p-1. The van der Waals surface area contributed by atoms with Gasteiger partial charge in [-0.1, -0.05) is 26.7 Å². The molecule has 1 unspecified atom stereocenters. The summed E-state index contributed by atoms with van der Waals surface area (Å²) in [6, 6.07) is -0.843. The fraction of sp³-hybridized carbons (Fsp3) is 0.800. The van der Waals surface area contributed by atoms with Crippen LogP contribution in [0.1, 0.15) is 46.0 Å². The number of amides is 1. The Hall–Kier alpha value is -1.06. The van der Waals surface area contributed by atoms with E-state index in [-0.39, 0.29) is 5.91 Å². The molecule has 0 fully saturated rings. The van der Waals surface area contributed by atoms with Crippen LogP contribution in [-0.2, 0) is 9.59 Å². The maximum absolute atomic E-state index is 11.2. The monoisotopic (exact) mass is 200 g/mol. The van der Waals surface area contributed by atoms with Gasteiger partial charge < -0.3 is 15.2 Å². The van der Waals surface area contributed by atoms with E-state index in [1.807, 2.05) is 6.92 Å². The third kappa shape index (κ3) is 5.56. The number of rotatable bonds is 7. The second kappa shape index (κ2) is 7.35. The summed E-state index contributed by atoms with van der Waals surface area (Å²) < 4.78 is 0. The minimum absolute atomic E-state index is 0.200.